The van der Waals surface area contributed by atoms with Crippen LogP contribution in [0.3, 0.4) is 0 Å². The molecule has 0 aliphatic carbocycles. The van der Waals surface area contributed by atoms with Crippen molar-refractivity contribution in [2.24, 2.45) is 0 Å². The van der Waals surface area contributed by atoms with Gasteiger partial charge in [-0.3, -0.25) is 0 Å². The Kier molecular flexibility index (Phi) is 7.12. The van der Waals surface area contributed by atoms with Gasteiger partial charge in [-0.2, -0.15) is 0 Å². The van der Waals surface area contributed by atoms with E-state index in [0.29, 0.717) is 0 Å². The van der Waals surface area contributed by atoms with Crippen LogP contribution in [0.4, 0.5) is 0 Å². The number of hydrogen-bond donors (Lipinski definition) is 1. The van der Waals surface area contributed by atoms with Gasteiger partial charge in [0.05, 0.1) is 10.8 Å². The van der Waals surface area contributed by atoms with Crippen LogP contribution in [0.25, 0.3) is 0 Å². The summed E-state index contributed by atoms with van der Waals surface area (Å²) in [5.74, 6) is 3.35. The lowest BCUT2D eigenvalue weighted by Crippen LogP contribution is -1.64. The summed E-state index contributed by atoms with van der Waals surface area (Å²) in [6.07, 6.45) is 9.06. The van der Waals surface area contributed by atoms with Crippen LogP contribution >= 0.6 is 15.9 Å². The molecule has 0 rings (SSSR count). The molecule has 0 aromatic heterocycles. The normalized spacial score (nSPS) is 16.0. The lowest BCUT2D eigenvalue weighted by Gasteiger charge is -1.55. The fourth-order valence-corrected chi connectivity index (χ4v) is 0. The largest absolute Gasteiger partial charge is 0.384 e. The first kappa shape index (κ1) is 3.56. The van der Waals surface area contributed by atoms with Gasteiger partial charge >= 0.3 is 0 Å². The SMILES string of the molecule is [2H]C([2H])(Br)C#C.[2H]C([2H])(O)C#C. The second-order valence-electron chi connectivity index (χ2n) is 0.495. The van der Waals surface area contributed by atoms with E-state index >= 15 is 0 Å². The van der Waals surface area contributed by atoms with Crippen LogP contribution in [0.15, 0.2) is 0 Å². The molecule has 0 aliphatic heterocycles. The molecule has 0 unspecified atom stereocenters. The summed E-state index contributed by atoms with van der Waals surface area (Å²) in [4.78, 5) is 0. The summed E-state index contributed by atoms with van der Waals surface area (Å²) in [6.45, 7) is -2.43. The summed E-state index contributed by atoms with van der Waals surface area (Å²) in [7, 11) is 0. The average Bonchev–Trinajstić information content (AvgIpc) is 1.86. The third kappa shape index (κ3) is 47.5. The van der Waals surface area contributed by atoms with Crippen molar-refractivity contribution in [1.82, 2.24) is 0 Å². The first-order valence-corrected chi connectivity index (χ1v) is 2.28. The summed E-state index contributed by atoms with van der Waals surface area (Å²) in [5.41, 5.74) is 0. The second-order valence-corrected chi connectivity index (χ2v) is 0.891. The van der Waals surface area contributed by atoms with Crippen molar-refractivity contribution in [3.05, 3.63) is 0 Å². The molecule has 0 bridgehead atoms. The van der Waals surface area contributed by atoms with E-state index in [4.69, 9.17) is 10.6 Å². The van der Waals surface area contributed by atoms with Crippen molar-refractivity contribution in [2.75, 3.05) is 11.8 Å². The van der Waals surface area contributed by atoms with E-state index in [-0.39, 0.29) is 0 Å². The van der Waals surface area contributed by atoms with Gasteiger partial charge in [0.1, 0.15) is 6.56 Å². The Morgan fingerprint density at radius 1 is 1.62 bits per heavy atom. The molecule has 0 aromatic carbocycles. The van der Waals surface area contributed by atoms with Crippen LogP contribution in [0.1, 0.15) is 5.48 Å². The highest BCUT2D eigenvalue weighted by atomic mass is 79.9. The van der Waals surface area contributed by atoms with Crippen molar-refractivity contribution < 1.29 is 10.6 Å². The molecule has 0 aliphatic rings. The molecular weight excluding hydrogens is 168 g/mol. The van der Waals surface area contributed by atoms with Gasteiger partial charge < -0.3 is 5.11 Å². The molecule has 44 valence electrons. The van der Waals surface area contributed by atoms with E-state index in [2.05, 4.69) is 28.8 Å². The number of hydrogen-bond acceptors (Lipinski definition) is 1. The molecule has 0 amide bonds. The van der Waals surface area contributed by atoms with Gasteiger partial charge in [-0.1, -0.05) is 27.8 Å². The molecule has 1 nitrogen and oxygen atoms in total. The van der Waals surface area contributed by atoms with E-state index in [0.717, 1.165) is 0 Å². The van der Waals surface area contributed by atoms with E-state index in [1.54, 1.807) is 0 Å². The third-order valence-corrected chi connectivity index (χ3v) is 0.348. The maximum absolute atomic E-state index is 7.92. The van der Waals surface area contributed by atoms with Crippen LogP contribution in [0.5, 0.6) is 0 Å². The van der Waals surface area contributed by atoms with Crippen LogP contribution < -0.4 is 0 Å². The Bertz CT molecular complexity index is 178. The monoisotopic (exact) mass is 178 g/mol. The minimum absolute atomic E-state index is 1.49. The highest BCUT2D eigenvalue weighted by Gasteiger charge is 1.46. The highest BCUT2D eigenvalue weighted by molar-refractivity contribution is 9.09. The Labute approximate surface area is 63.8 Å². The zero-order valence-corrected chi connectivity index (χ0v) is 5.57. The number of alkyl halides is 1. The third-order valence-electron chi connectivity index (χ3n) is 0.119. The molecule has 0 fully saturated rings. The summed E-state index contributed by atoms with van der Waals surface area (Å²) < 4.78 is 25.4. The minimum atomic E-state index is -2.43. The van der Waals surface area contributed by atoms with E-state index < -0.39 is 11.8 Å². The van der Waals surface area contributed by atoms with Gasteiger partial charge in [-0.05, 0) is 0 Å². The number of terminal acetylenes is 2. The van der Waals surface area contributed by atoms with Crippen molar-refractivity contribution in [1.29, 1.82) is 0 Å². The van der Waals surface area contributed by atoms with Gasteiger partial charge in [-0.15, -0.1) is 12.8 Å². The highest BCUT2D eigenvalue weighted by Crippen LogP contribution is 1.68. The topological polar surface area (TPSA) is 20.2 Å². The molecule has 0 aromatic rings. The van der Waals surface area contributed by atoms with Crippen molar-refractivity contribution in [3.63, 3.8) is 0 Å². The molecule has 2 heteroatoms. The van der Waals surface area contributed by atoms with Crippen LogP contribution in [0, 0.1) is 24.7 Å². The second kappa shape index (κ2) is 16.0. The molecule has 0 radical (unpaired) electrons. The predicted molar refractivity (Wildman–Crippen MR) is 38.5 cm³/mol. The molecule has 0 heterocycles. The molecule has 8 heavy (non-hydrogen) atoms. The Hall–Kier alpha value is -0.440. The smallest absolute Gasteiger partial charge is 0.103 e. The fraction of sp³-hybridized carbons (Fsp3) is 0.333. The van der Waals surface area contributed by atoms with Crippen LogP contribution in [0.2, 0.25) is 0 Å². The molecule has 0 spiro atoms. The number of rotatable bonds is 0. The van der Waals surface area contributed by atoms with Crippen molar-refractivity contribution in [2.45, 2.75) is 0 Å². The van der Waals surface area contributed by atoms with Crippen LogP contribution in [-0.2, 0) is 0 Å². The lowest BCUT2D eigenvalue weighted by atomic mass is 10.8. The Balaban J connectivity index is 0. The number of aliphatic hydroxyl groups is 1. The minimum Gasteiger partial charge on any atom is -0.384 e. The lowest BCUT2D eigenvalue weighted by molar-refractivity contribution is 0.351. The molecule has 1 N–H and O–H groups in total. The fourth-order valence-electron chi connectivity index (χ4n) is 0. The Morgan fingerprint density at radius 3 is 1.88 bits per heavy atom. The van der Waals surface area contributed by atoms with E-state index in [1.807, 2.05) is 5.92 Å². The maximum Gasteiger partial charge on any atom is 0.103 e. The zero-order chi connectivity index (χ0) is 10.4. The Morgan fingerprint density at radius 2 is 1.88 bits per heavy atom. The van der Waals surface area contributed by atoms with Gasteiger partial charge in [0.2, 0.25) is 0 Å². The van der Waals surface area contributed by atoms with E-state index in [1.165, 1.54) is 5.92 Å². The summed E-state index contributed by atoms with van der Waals surface area (Å²) >= 11 is 2.57. The predicted octanol–water partition coefficient (Wildman–Crippen LogP) is 0.626. The average molecular weight is 179 g/mol. The van der Waals surface area contributed by atoms with E-state index in [9.17, 15) is 0 Å². The van der Waals surface area contributed by atoms with Crippen molar-refractivity contribution >= 4 is 15.9 Å². The summed E-state index contributed by atoms with van der Waals surface area (Å²) in [5, 5.41) is 6.31. The first-order chi connectivity index (χ1) is 5.12. The molecular formula is C6H7BrO. The van der Waals surface area contributed by atoms with Crippen molar-refractivity contribution in [3.8, 4) is 24.7 Å². The van der Waals surface area contributed by atoms with Gasteiger partial charge in [0.25, 0.3) is 0 Å². The molecule has 0 saturated heterocycles. The first-order valence-electron chi connectivity index (χ1n) is 3.49. The standard InChI is InChI=1S/C3H3Br.C3H4O/c2*1-2-3-4/h1H,3H2;1,4H,3H2/i2*3D2. The molecule has 0 atom stereocenters. The summed E-state index contributed by atoms with van der Waals surface area (Å²) in [6, 6.07) is 0. The van der Waals surface area contributed by atoms with Gasteiger partial charge in [-0.25, -0.2) is 0 Å². The van der Waals surface area contributed by atoms with Crippen LogP contribution in [-0.4, -0.2) is 16.9 Å². The maximum atomic E-state index is 7.92. The van der Waals surface area contributed by atoms with Gasteiger partial charge in [0.15, 0.2) is 0 Å². The quantitative estimate of drug-likeness (QED) is 0.427. The van der Waals surface area contributed by atoms with Gasteiger partial charge in [0, 0.05) is 0 Å². The molecule has 0 saturated carbocycles. The number of halogens is 1. The zero-order valence-electron chi connectivity index (χ0n) is 7.98.